The zero-order valence-electron chi connectivity index (χ0n) is 6.56. The van der Waals surface area contributed by atoms with Crippen LogP contribution in [0.5, 0.6) is 0 Å². The molecule has 13 heavy (non-hydrogen) atoms. The molecule has 7 heteroatoms. The molecule has 72 valence electrons. The number of rotatable bonds is 4. The van der Waals surface area contributed by atoms with Gasteiger partial charge in [0.05, 0.1) is 0 Å². The summed E-state index contributed by atoms with van der Waals surface area (Å²) in [5.41, 5.74) is 0. The molecule has 0 bridgehead atoms. The Balaban J connectivity index is 0. The van der Waals surface area contributed by atoms with Crippen molar-refractivity contribution < 1.29 is 22.5 Å². The fraction of sp³-hybridized carbons (Fsp3) is 0.500. The molecule has 1 N–H and O–H groups in total. The number of hydrogen-bond donors (Lipinski definition) is 1. The number of carbonyl (C=O) groups excluding carboxylic acids is 1. The summed E-state index contributed by atoms with van der Waals surface area (Å²) >= 11 is 0. The van der Waals surface area contributed by atoms with Crippen LogP contribution < -0.4 is 0 Å². The van der Waals surface area contributed by atoms with Gasteiger partial charge in [0.1, 0.15) is 11.9 Å². The maximum absolute atomic E-state index is 10.5. The minimum absolute atomic E-state index is 0. The van der Waals surface area contributed by atoms with Crippen LogP contribution in [0.1, 0.15) is 6.92 Å². The SMILES string of the molecule is C=CC(=O)OC(C)CS(=O)(=O)O.[NaH]. The maximum atomic E-state index is 10.5. The first-order chi connectivity index (χ1) is 5.35. The summed E-state index contributed by atoms with van der Waals surface area (Å²) in [5.74, 6) is -1.32. The molecule has 0 aromatic rings. The van der Waals surface area contributed by atoms with E-state index in [2.05, 4.69) is 11.3 Å². The van der Waals surface area contributed by atoms with Crippen molar-refractivity contribution in [3.8, 4) is 0 Å². The van der Waals surface area contributed by atoms with Crippen molar-refractivity contribution in [2.24, 2.45) is 0 Å². The van der Waals surface area contributed by atoms with Crippen molar-refractivity contribution in [1.29, 1.82) is 0 Å². The topological polar surface area (TPSA) is 80.7 Å². The van der Waals surface area contributed by atoms with Crippen LogP contribution in [0.4, 0.5) is 0 Å². The van der Waals surface area contributed by atoms with E-state index in [-0.39, 0.29) is 29.6 Å². The van der Waals surface area contributed by atoms with Gasteiger partial charge < -0.3 is 4.74 Å². The van der Waals surface area contributed by atoms with E-state index in [1.165, 1.54) is 6.92 Å². The summed E-state index contributed by atoms with van der Waals surface area (Å²) in [7, 11) is -4.09. The van der Waals surface area contributed by atoms with Gasteiger partial charge in [0.25, 0.3) is 10.1 Å². The average molecular weight is 218 g/mol. The standard InChI is InChI=1S/C6H10O5S.Na.H/c1-3-6(7)11-5(2)4-12(8,9)10;;/h3,5H,1,4H2,2H3,(H,8,9,10);;. The van der Waals surface area contributed by atoms with E-state index in [0.29, 0.717) is 0 Å². The molecule has 0 amide bonds. The Bertz CT molecular complexity index is 271. The quantitative estimate of drug-likeness (QED) is 0.293. The molecule has 0 aromatic carbocycles. The number of carbonyl (C=O) groups is 1. The van der Waals surface area contributed by atoms with Crippen LogP contribution >= 0.6 is 0 Å². The van der Waals surface area contributed by atoms with Crippen molar-refractivity contribution in [3.05, 3.63) is 12.7 Å². The first kappa shape index (κ1) is 15.6. The molecular formula is C6H11NaO5S. The average Bonchev–Trinajstić information content (AvgIpc) is 1.82. The van der Waals surface area contributed by atoms with Gasteiger partial charge in [-0.1, -0.05) is 6.58 Å². The summed E-state index contributed by atoms with van der Waals surface area (Å²) in [6.45, 7) is 4.48. The van der Waals surface area contributed by atoms with Crippen molar-refractivity contribution in [3.63, 3.8) is 0 Å². The Hall–Kier alpha value is 0.120. The van der Waals surface area contributed by atoms with E-state index >= 15 is 0 Å². The van der Waals surface area contributed by atoms with Crippen molar-refractivity contribution >= 4 is 45.6 Å². The molecule has 1 atom stereocenters. The zero-order valence-corrected chi connectivity index (χ0v) is 7.37. The summed E-state index contributed by atoms with van der Waals surface area (Å²) in [5, 5.41) is 0. The molecule has 0 radical (unpaired) electrons. The van der Waals surface area contributed by atoms with Gasteiger partial charge >= 0.3 is 35.5 Å². The van der Waals surface area contributed by atoms with E-state index in [1.807, 2.05) is 0 Å². The molecule has 0 aliphatic rings. The van der Waals surface area contributed by atoms with E-state index < -0.39 is 27.9 Å². The molecule has 0 rings (SSSR count). The van der Waals surface area contributed by atoms with E-state index in [9.17, 15) is 13.2 Å². The summed E-state index contributed by atoms with van der Waals surface area (Å²) in [6, 6.07) is 0. The molecular weight excluding hydrogens is 207 g/mol. The molecule has 0 saturated heterocycles. The minimum atomic E-state index is -4.09. The van der Waals surface area contributed by atoms with Crippen LogP contribution in [0.15, 0.2) is 12.7 Å². The van der Waals surface area contributed by atoms with Crippen LogP contribution in [0.25, 0.3) is 0 Å². The van der Waals surface area contributed by atoms with Gasteiger partial charge in [0, 0.05) is 6.08 Å². The molecule has 0 spiro atoms. The molecule has 5 nitrogen and oxygen atoms in total. The van der Waals surface area contributed by atoms with Gasteiger partial charge in [-0.05, 0) is 6.92 Å². The number of hydrogen-bond acceptors (Lipinski definition) is 4. The van der Waals surface area contributed by atoms with Crippen LogP contribution in [0.2, 0.25) is 0 Å². The van der Waals surface area contributed by atoms with Gasteiger partial charge in [-0.3, -0.25) is 4.55 Å². The second-order valence-corrected chi connectivity index (χ2v) is 3.70. The third-order valence-electron chi connectivity index (χ3n) is 0.929. The second kappa shape index (κ2) is 6.56. The first-order valence-corrected chi connectivity index (χ1v) is 4.74. The van der Waals surface area contributed by atoms with Crippen LogP contribution in [-0.2, 0) is 19.6 Å². The molecule has 0 aliphatic heterocycles. The van der Waals surface area contributed by atoms with E-state index in [0.717, 1.165) is 6.08 Å². The Labute approximate surface area is 99.2 Å². The van der Waals surface area contributed by atoms with Crippen molar-refractivity contribution in [2.75, 3.05) is 5.75 Å². The monoisotopic (exact) mass is 218 g/mol. The molecule has 1 unspecified atom stereocenters. The van der Waals surface area contributed by atoms with Gasteiger partial charge in [-0.2, -0.15) is 8.42 Å². The zero-order chi connectivity index (χ0) is 9.78. The Morgan fingerprint density at radius 3 is 2.46 bits per heavy atom. The molecule has 0 heterocycles. The van der Waals surface area contributed by atoms with Crippen LogP contribution in [0.3, 0.4) is 0 Å². The summed E-state index contributed by atoms with van der Waals surface area (Å²) < 4.78 is 33.3. The third kappa shape index (κ3) is 10.0. The summed E-state index contributed by atoms with van der Waals surface area (Å²) in [6.07, 6.45) is 0.0472. The van der Waals surface area contributed by atoms with Gasteiger partial charge in [-0.25, -0.2) is 4.79 Å². The molecule has 0 aliphatic carbocycles. The Kier molecular flexibility index (Phi) is 7.86. The van der Waals surface area contributed by atoms with Crippen LogP contribution in [0, 0.1) is 0 Å². The van der Waals surface area contributed by atoms with E-state index in [1.54, 1.807) is 0 Å². The van der Waals surface area contributed by atoms with Gasteiger partial charge in [0.2, 0.25) is 0 Å². The normalized spacial score (nSPS) is 12.5. The fourth-order valence-corrected chi connectivity index (χ4v) is 1.24. The number of ether oxygens (including phenoxy) is 1. The number of esters is 1. The third-order valence-corrected chi connectivity index (χ3v) is 1.82. The van der Waals surface area contributed by atoms with Crippen molar-refractivity contribution in [2.45, 2.75) is 13.0 Å². The summed E-state index contributed by atoms with van der Waals surface area (Å²) in [4.78, 5) is 10.5. The molecule has 0 aromatic heterocycles. The predicted octanol–water partition coefficient (Wildman–Crippen LogP) is -0.657. The Morgan fingerprint density at radius 1 is 1.69 bits per heavy atom. The molecule has 0 saturated carbocycles. The van der Waals surface area contributed by atoms with Gasteiger partial charge in [0.15, 0.2) is 0 Å². The van der Waals surface area contributed by atoms with Crippen LogP contribution in [-0.4, -0.2) is 60.4 Å². The fourth-order valence-electron chi connectivity index (χ4n) is 0.577. The predicted molar refractivity (Wildman–Crippen MR) is 49.3 cm³/mol. The van der Waals surface area contributed by atoms with Gasteiger partial charge in [-0.15, -0.1) is 0 Å². The second-order valence-electron chi connectivity index (χ2n) is 2.20. The first-order valence-electron chi connectivity index (χ1n) is 3.13. The molecule has 0 fully saturated rings. The Morgan fingerprint density at radius 2 is 2.15 bits per heavy atom. The van der Waals surface area contributed by atoms with E-state index in [4.69, 9.17) is 4.55 Å². The van der Waals surface area contributed by atoms with Crippen molar-refractivity contribution in [1.82, 2.24) is 0 Å².